The third-order valence-electron chi connectivity index (χ3n) is 4.38. The number of carbonyl (C=O) groups excluding carboxylic acids is 1. The van der Waals surface area contributed by atoms with E-state index >= 15 is 0 Å². The fourth-order valence-corrected chi connectivity index (χ4v) is 2.87. The molecule has 1 N–H and O–H groups in total. The van der Waals surface area contributed by atoms with Gasteiger partial charge in [-0.05, 0) is 36.4 Å². The topological polar surface area (TPSA) is 115 Å². The molecule has 152 valence electrons. The molecular weight excluding hydrogens is 396 g/mol. The van der Waals surface area contributed by atoms with E-state index in [0.29, 0.717) is 16.8 Å². The Morgan fingerprint density at radius 2 is 1.77 bits per heavy atom. The second kappa shape index (κ2) is 8.78. The standard InChI is InChI=1S/C22H16N6O3/c29-22(20-8-4-5-13-23-20)25-24-14-17-15-27(18-6-2-1-3-7-18)26-21(17)16-9-11-19(12-10-16)28(30)31/h1-15H,(H,25,29)/b24-14-. The lowest BCUT2D eigenvalue weighted by atomic mass is 10.1. The normalized spacial score (nSPS) is 10.8. The van der Waals surface area contributed by atoms with Crippen LogP contribution in [-0.4, -0.2) is 31.8 Å². The predicted octanol–water partition coefficient (Wildman–Crippen LogP) is 3.61. The van der Waals surface area contributed by atoms with E-state index in [1.807, 2.05) is 30.3 Å². The molecule has 0 aliphatic heterocycles. The third-order valence-corrected chi connectivity index (χ3v) is 4.38. The molecule has 4 rings (SSSR count). The van der Waals surface area contributed by atoms with E-state index in [2.05, 4.69) is 20.6 Å². The summed E-state index contributed by atoms with van der Waals surface area (Å²) in [5.41, 5.74) is 5.38. The molecule has 0 saturated heterocycles. The number of hydrogen-bond donors (Lipinski definition) is 1. The van der Waals surface area contributed by atoms with E-state index in [-0.39, 0.29) is 11.4 Å². The van der Waals surface area contributed by atoms with E-state index < -0.39 is 10.8 Å². The first-order valence-corrected chi connectivity index (χ1v) is 9.26. The first-order chi connectivity index (χ1) is 15.1. The van der Waals surface area contributed by atoms with Crippen LogP contribution < -0.4 is 5.43 Å². The Morgan fingerprint density at radius 1 is 1.03 bits per heavy atom. The Labute approximate surface area is 176 Å². The van der Waals surface area contributed by atoms with Crippen LogP contribution in [-0.2, 0) is 0 Å². The molecule has 9 heteroatoms. The molecule has 0 aliphatic carbocycles. The highest BCUT2D eigenvalue weighted by atomic mass is 16.6. The molecule has 0 spiro atoms. The van der Waals surface area contributed by atoms with Crippen LogP contribution >= 0.6 is 0 Å². The molecule has 0 atom stereocenters. The zero-order chi connectivity index (χ0) is 21.6. The van der Waals surface area contributed by atoms with Crippen LogP contribution in [0.3, 0.4) is 0 Å². The first-order valence-electron chi connectivity index (χ1n) is 9.26. The lowest BCUT2D eigenvalue weighted by Gasteiger charge is -2.00. The number of pyridine rings is 1. The van der Waals surface area contributed by atoms with E-state index in [1.165, 1.54) is 24.5 Å². The summed E-state index contributed by atoms with van der Waals surface area (Å²) in [4.78, 5) is 26.6. The van der Waals surface area contributed by atoms with Gasteiger partial charge in [0.2, 0.25) is 0 Å². The van der Waals surface area contributed by atoms with Crippen LogP contribution in [0.4, 0.5) is 5.69 Å². The monoisotopic (exact) mass is 412 g/mol. The second-order valence-electron chi connectivity index (χ2n) is 6.43. The first kappa shape index (κ1) is 19.6. The van der Waals surface area contributed by atoms with Crippen molar-refractivity contribution in [3.63, 3.8) is 0 Å². The Hall–Kier alpha value is -4.66. The number of nitro benzene ring substituents is 1. The van der Waals surface area contributed by atoms with Gasteiger partial charge in [-0.1, -0.05) is 24.3 Å². The molecule has 9 nitrogen and oxygen atoms in total. The number of nitrogens with one attached hydrogen (secondary N) is 1. The maximum Gasteiger partial charge on any atom is 0.289 e. The van der Waals surface area contributed by atoms with Gasteiger partial charge >= 0.3 is 0 Å². The summed E-state index contributed by atoms with van der Waals surface area (Å²) < 4.78 is 1.68. The average Bonchev–Trinajstić information content (AvgIpc) is 3.24. The molecule has 2 aromatic heterocycles. The number of nitrogens with zero attached hydrogens (tertiary/aromatic N) is 5. The van der Waals surface area contributed by atoms with Gasteiger partial charge in [-0.3, -0.25) is 19.9 Å². The summed E-state index contributed by atoms with van der Waals surface area (Å²) >= 11 is 0. The summed E-state index contributed by atoms with van der Waals surface area (Å²) in [7, 11) is 0. The highest BCUT2D eigenvalue weighted by molar-refractivity contribution is 5.94. The fraction of sp³-hybridized carbons (Fsp3) is 0. The number of para-hydroxylation sites is 1. The van der Waals surface area contributed by atoms with Crippen molar-refractivity contribution >= 4 is 17.8 Å². The molecule has 0 fully saturated rings. The van der Waals surface area contributed by atoms with Gasteiger partial charge < -0.3 is 0 Å². The SMILES string of the molecule is O=C(N/N=C\c1cn(-c2ccccc2)nc1-c1ccc([N+](=O)[O-])cc1)c1ccccn1. The highest BCUT2D eigenvalue weighted by Crippen LogP contribution is 2.25. The van der Waals surface area contributed by atoms with Crippen LogP contribution in [0.15, 0.2) is 90.3 Å². The molecule has 0 saturated carbocycles. The molecule has 0 radical (unpaired) electrons. The zero-order valence-electron chi connectivity index (χ0n) is 16.1. The number of non-ortho nitro benzene ring substituents is 1. The number of rotatable bonds is 6. The van der Waals surface area contributed by atoms with Gasteiger partial charge in [-0.2, -0.15) is 10.2 Å². The summed E-state index contributed by atoms with van der Waals surface area (Å²) in [6, 6.07) is 20.6. The number of hydrazone groups is 1. The van der Waals surface area contributed by atoms with E-state index in [0.717, 1.165) is 5.69 Å². The molecule has 2 heterocycles. The average molecular weight is 412 g/mol. The van der Waals surface area contributed by atoms with Crippen molar-refractivity contribution in [2.75, 3.05) is 0 Å². The van der Waals surface area contributed by atoms with Gasteiger partial charge in [-0.15, -0.1) is 0 Å². The molecule has 31 heavy (non-hydrogen) atoms. The molecule has 2 aromatic carbocycles. The van der Waals surface area contributed by atoms with Gasteiger partial charge in [0.25, 0.3) is 11.6 Å². The third kappa shape index (κ3) is 4.51. The Balaban J connectivity index is 1.65. The Bertz CT molecular complexity index is 1240. The maximum absolute atomic E-state index is 12.1. The van der Waals surface area contributed by atoms with Crippen LogP contribution in [0, 0.1) is 10.1 Å². The molecule has 1 amide bonds. The molecule has 0 unspecified atom stereocenters. The van der Waals surface area contributed by atoms with Gasteiger partial charge in [0.05, 0.1) is 16.8 Å². The Kier molecular flexibility index (Phi) is 5.57. The smallest absolute Gasteiger partial charge is 0.266 e. The second-order valence-corrected chi connectivity index (χ2v) is 6.43. The number of carbonyl (C=O) groups is 1. The van der Waals surface area contributed by atoms with Crippen molar-refractivity contribution in [2.24, 2.45) is 5.10 Å². The zero-order valence-corrected chi connectivity index (χ0v) is 16.1. The van der Waals surface area contributed by atoms with Gasteiger partial charge in [0, 0.05) is 35.7 Å². The highest BCUT2D eigenvalue weighted by Gasteiger charge is 2.13. The van der Waals surface area contributed by atoms with Crippen molar-refractivity contribution in [1.29, 1.82) is 0 Å². The van der Waals surface area contributed by atoms with Gasteiger partial charge in [0.1, 0.15) is 11.4 Å². The minimum Gasteiger partial charge on any atom is -0.266 e. The van der Waals surface area contributed by atoms with Crippen LogP contribution in [0.5, 0.6) is 0 Å². The van der Waals surface area contributed by atoms with E-state index in [1.54, 1.807) is 41.2 Å². The Morgan fingerprint density at radius 3 is 2.45 bits per heavy atom. The maximum atomic E-state index is 12.1. The van der Waals surface area contributed by atoms with E-state index in [9.17, 15) is 14.9 Å². The van der Waals surface area contributed by atoms with Crippen LogP contribution in [0.1, 0.15) is 16.1 Å². The summed E-state index contributed by atoms with van der Waals surface area (Å²) in [5.74, 6) is -0.441. The van der Waals surface area contributed by atoms with Crippen molar-refractivity contribution < 1.29 is 9.72 Å². The van der Waals surface area contributed by atoms with Crippen molar-refractivity contribution in [1.82, 2.24) is 20.2 Å². The van der Waals surface area contributed by atoms with Crippen molar-refractivity contribution in [2.45, 2.75) is 0 Å². The molecule has 0 aliphatic rings. The van der Waals surface area contributed by atoms with Crippen LogP contribution in [0.25, 0.3) is 16.9 Å². The molecule has 4 aromatic rings. The lowest BCUT2D eigenvalue weighted by molar-refractivity contribution is -0.384. The van der Waals surface area contributed by atoms with Gasteiger partial charge in [-0.25, -0.2) is 10.1 Å². The van der Waals surface area contributed by atoms with Crippen molar-refractivity contribution in [3.8, 4) is 16.9 Å². The minimum atomic E-state index is -0.456. The largest absolute Gasteiger partial charge is 0.289 e. The summed E-state index contributed by atoms with van der Waals surface area (Å²) in [6.45, 7) is 0. The minimum absolute atomic E-state index is 0.0101. The van der Waals surface area contributed by atoms with Crippen LogP contribution in [0.2, 0.25) is 0 Å². The summed E-state index contributed by atoms with van der Waals surface area (Å²) in [5, 5.41) is 19.6. The quantitative estimate of drug-likeness (QED) is 0.295. The van der Waals surface area contributed by atoms with E-state index in [4.69, 9.17) is 0 Å². The summed E-state index contributed by atoms with van der Waals surface area (Å²) in [6.07, 6.45) is 4.77. The number of aromatic nitrogens is 3. The number of hydrogen-bond acceptors (Lipinski definition) is 6. The number of benzene rings is 2. The number of nitro groups is 1. The molecular formula is C22H16N6O3. The van der Waals surface area contributed by atoms with Gasteiger partial charge in [0.15, 0.2) is 0 Å². The molecule has 0 bridgehead atoms. The van der Waals surface area contributed by atoms with Crippen molar-refractivity contribution in [3.05, 3.63) is 107 Å². The lowest BCUT2D eigenvalue weighted by Crippen LogP contribution is -2.18. The number of amides is 1. The predicted molar refractivity (Wildman–Crippen MR) is 115 cm³/mol. The fourth-order valence-electron chi connectivity index (χ4n) is 2.87.